The lowest BCUT2D eigenvalue weighted by Gasteiger charge is -2.22. The maximum atomic E-state index is 13.2. The molecule has 0 saturated carbocycles. The average Bonchev–Trinajstić information content (AvgIpc) is 3.53. The van der Waals surface area contributed by atoms with Gasteiger partial charge in [-0.05, 0) is 37.6 Å². The molecule has 0 radical (unpaired) electrons. The van der Waals surface area contributed by atoms with Crippen molar-refractivity contribution in [2.75, 3.05) is 6.61 Å². The molecule has 1 amide bonds. The predicted molar refractivity (Wildman–Crippen MR) is 152 cm³/mol. The molecule has 1 N–H and O–H groups in total. The van der Waals surface area contributed by atoms with Crippen LogP contribution in [0.2, 0.25) is 25.7 Å². The van der Waals surface area contributed by atoms with E-state index in [-0.39, 0.29) is 25.7 Å². The highest BCUT2D eigenvalue weighted by molar-refractivity contribution is 6.76. The molecular formula is C27H39N7O6Si. The zero-order valence-electron chi connectivity index (χ0n) is 24.5. The summed E-state index contributed by atoms with van der Waals surface area (Å²) in [5.74, 6) is -0.544. The minimum absolute atomic E-state index is 0.00250. The van der Waals surface area contributed by atoms with Gasteiger partial charge in [-0.2, -0.15) is 4.80 Å². The number of amides is 1. The third-order valence-corrected chi connectivity index (χ3v) is 7.28. The average molecular weight is 586 g/mol. The lowest BCUT2D eigenvalue weighted by Crippen LogP contribution is -2.45. The smallest absolute Gasteiger partial charge is 0.408 e. The highest BCUT2D eigenvalue weighted by atomic mass is 28.3. The molecule has 2 heterocycles. The van der Waals surface area contributed by atoms with Gasteiger partial charge in [-0.1, -0.05) is 50.0 Å². The number of aromatic nitrogens is 6. The fourth-order valence-electron chi connectivity index (χ4n) is 3.51. The van der Waals surface area contributed by atoms with Crippen molar-refractivity contribution in [1.29, 1.82) is 0 Å². The summed E-state index contributed by atoms with van der Waals surface area (Å²) >= 11 is 0. The third kappa shape index (κ3) is 11.2. The molecule has 1 atom stereocenters. The quantitative estimate of drug-likeness (QED) is 0.169. The summed E-state index contributed by atoms with van der Waals surface area (Å²) in [6.07, 6.45) is 2.11. The van der Waals surface area contributed by atoms with Crippen LogP contribution >= 0.6 is 0 Å². The Morgan fingerprint density at radius 3 is 2.51 bits per heavy atom. The van der Waals surface area contributed by atoms with E-state index in [1.807, 2.05) is 18.2 Å². The number of esters is 1. The van der Waals surface area contributed by atoms with Gasteiger partial charge in [-0.25, -0.2) is 9.78 Å². The first kappa shape index (κ1) is 31.6. The summed E-state index contributed by atoms with van der Waals surface area (Å²) in [6, 6.07) is 8.89. The number of carbonyl (C=O) groups excluding carboxylic acids is 3. The van der Waals surface area contributed by atoms with Crippen molar-refractivity contribution in [3.8, 4) is 11.6 Å². The van der Waals surface area contributed by atoms with E-state index < -0.39 is 44.0 Å². The second-order valence-electron chi connectivity index (χ2n) is 11.7. The number of nitrogens with zero attached hydrogens (tertiary/aromatic N) is 6. The Balaban J connectivity index is 1.64. The van der Waals surface area contributed by atoms with Crippen LogP contribution in [0.15, 0.2) is 42.7 Å². The van der Waals surface area contributed by atoms with E-state index in [0.717, 1.165) is 16.4 Å². The number of tetrazole rings is 1. The van der Waals surface area contributed by atoms with Crippen LogP contribution in [0.1, 0.15) is 32.8 Å². The van der Waals surface area contributed by atoms with Gasteiger partial charge in [-0.15, -0.1) is 10.2 Å². The second-order valence-corrected chi connectivity index (χ2v) is 17.3. The van der Waals surface area contributed by atoms with Crippen molar-refractivity contribution < 1.29 is 28.6 Å². The Kier molecular flexibility index (Phi) is 10.9. The van der Waals surface area contributed by atoms with E-state index in [1.165, 1.54) is 0 Å². The molecule has 1 unspecified atom stereocenters. The largest absolute Gasteiger partial charge is 0.460 e. The van der Waals surface area contributed by atoms with E-state index in [9.17, 15) is 14.4 Å². The van der Waals surface area contributed by atoms with Gasteiger partial charge in [0.2, 0.25) is 5.82 Å². The SMILES string of the molecule is CC(C)(C)OC(=O)CC(NC(=O)OCc1ccccc1)C(=O)Cn1nnc(-c2nccn2COCC[Si](C)(C)C)n1. The number of ether oxygens (including phenoxy) is 3. The molecule has 0 spiro atoms. The van der Waals surface area contributed by atoms with Crippen molar-refractivity contribution in [2.45, 2.75) is 84.4 Å². The van der Waals surface area contributed by atoms with Crippen LogP contribution < -0.4 is 5.32 Å². The zero-order chi connectivity index (χ0) is 30.0. The van der Waals surface area contributed by atoms with E-state index in [2.05, 4.69) is 45.4 Å². The van der Waals surface area contributed by atoms with Crippen LogP contribution in [0.3, 0.4) is 0 Å². The van der Waals surface area contributed by atoms with Gasteiger partial charge in [0.1, 0.15) is 31.5 Å². The minimum atomic E-state index is -1.23. The molecule has 222 valence electrons. The number of nitrogens with one attached hydrogen (secondary N) is 1. The van der Waals surface area contributed by atoms with Crippen LogP contribution in [0.25, 0.3) is 11.6 Å². The molecule has 41 heavy (non-hydrogen) atoms. The molecule has 3 aromatic rings. The summed E-state index contributed by atoms with van der Waals surface area (Å²) in [6.45, 7) is 12.6. The summed E-state index contributed by atoms with van der Waals surface area (Å²) in [4.78, 5) is 43.6. The molecule has 0 saturated heterocycles. The van der Waals surface area contributed by atoms with E-state index in [0.29, 0.717) is 12.4 Å². The lowest BCUT2D eigenvalue weighted by molar-refractivity contribution is -0.156. The zero-order valence-corrected chi connectivity index (χ0v) is 25.5. The number of Topliss-reactive ketones (excluding diaryl/α,β-unsaturated/α-hetero) is 1. The first-order chi connectivity index (χ1) is 19.3. The first-order valence-electron chi connectivity index (χ1n) is 13.4. The molecule has 0 aliphatic carbocycles. The Hall–Kier alpha value is -3.91. The van der Waals surface area contributed by atoms with Crippen LogP contribution in [-0.2, 0) is 43.7 Å². The molecule has 1 aromatic carbocycles. The fraction of sp³-hybridized carbons (Fsp3) is 0.519. The summed E-state index contributed by atoms with van der Waals surface area (Å²) in [5.41, 5.74) is 0.0121. The fourth-order valence-corrected chi connectivity index (χ4v) is 4.27. The highest BCUT2D eigenvalue weighted by Gasteiger charge is 2.28. The highest BCUT2D eigenvalue weighted by Crippen LogP contribution is 2.14. The predicted octanol–water partition coefficient (Wildman–Crippen LogP) is 3.44. The Morgan fingerprint density at radius 2 is 1.83 bits per heavy atom. The monoisotopic (exact) mass is 585 g/mol. The number of benzene rings is 1. The van der Waals surface area contributed by atoms with Gasteiger partial charge in [0, 0.05) is 27.1 Å². The molecule has 13 nitrogen and oxygen atoms in total. The van der Waals surface area contributed by atoms with E-state index in [1.54, 1.807) is 49.9 Å². The molecule has 0 fully saturated rings. The normalized spacial score (nSPS) is 12.5. The number of hydrogen-bond acceptors (Lipinski definition) is 10. The topological polar surface area (TPSA) is 152 Å². The van der Waals surface area contributed by atoms with E-state index in [4.69, 9.17) is 14.2 Å². The van der Waals surface area contributed by atoms with Gasteiger partial charge < -0.3 is 24.1 Å². The number of ketones is 1. The van der Waals surface area contributed by atoms with Crippen LogP contribution in [-0.4, -0.2) is 73.9 Å². The standard InChI is InChI=1S/C27H39N7O6Si/c1-27(2,3)40-23(36)16-21(29-26(37)39-18-20-10-8-7-9-11-20)22(35)17-34-31-24(30-32-34)25-28-12-13-33(25)19-38-14-15-41(4,5)6/h7-13,21H,14-19H2,1-6H3,(H,29,37). The Labute approximate surface area is 240 Å². The van der Waals surface area contributed by atoms with Crippen LogP contribution in [0, 0.1) is 0 Å². The maximum Gasteiger partial charge on any atom is 0.408 e. The maximum absolute atomic E-state index is 13.2. The van der Waals surface area contributed by atoms with Gasteiger partial charge in [-0.3, -0.25) is 9.59 Å². The molecular weight excluding hydrogens is 546 g/mol. The van der Waals surface area contributed by atoms with Crippen LogP contribution in [0.4, 0.5) is 4.79 Å². The minimum Gasteiger partial charge on any atom is -0.460 e. The summed E-state index contributed by atoms with van der Waals surface area (Å²) < 4.78 is 18.1. The number of imidazole rings is 1. The van der Waals surface area contributed by atoms with E-state index >= 15 is 0 Å². The summed E-state index contributed by atoms with van der Waals surface area (Å²) in [7, 11) is -1.21. The van der Waals surface area contributed by atoms with Gasteiger partial charge >= 0.3 is 12.1 Å². The van der Waals surface area contributed by atoms with Crippen molar-refractivity contribution in [3.63, 3.8) is 0 Å². The number of alkyl carbamates (subject to hydrolysis) is 1. The second kappa shape index (κ2) is 14.1. The molecule has 14 heteroatoms. The summed E-state index contributed by atoms with van der Waals surface area (Å²) in [5, 5.41) is 14.7. The molecule has 0 aliphatic rings. The molecule has 0 bridgehead atoms. The Bertz CT molecular complexity index is 1300. The van der Waals surface area contributed by atoms with Crippen LogP contribution in [0.5, 0.6) is 0 Å². The van der Waals surface area contributed by atoms with Crippen molar-refractivity contribution in [3.05, 3.63) is 48.3 Å². The van der Waals surface area contributed by atoms with Crippen molar-refractivity contribution in [1.82, 2.24) is 35.1 Å². The first-order valence-corrected chi connectivity index (χ1v) is 17.1. The lowest BCUT2D eigenvalue weighted by atomic mass is 10.1. The third-order valence-electron chi connectivity index (χ3n) is 5.58. The number of rotatable bonds is 14. The van der Waals surface area contributed by atoms with Gasteiger partial charge in [0.25, 0.3) is 0 Å². The number of hydrogen-bond donors (Lipinski definition) is 1. The number of carbonyl (C=O) groups is 3. The van der Waals surface area contributed by atoms with Gasteiger partial charge in [0.05, 0.1) is 6.42 Å². The molecule has 3 rings (SSSR count). The van der Waals surface area contributed by atoms with Crippen molar-refractivity contribution in [2.24, 2.45) is 0 Å². The van der Waals surface area contributed by atoms with Gasteiger partial charge in [0.15, 0.2) is 11.6 Å². The molecule has 2 aromatic heterocycles. The Morgan fingerprint density at radius 1 is 1.10 bits per heavy atom. The molecule has 0 aliphatic heterocycles. The van der Waals surface area contributed by atoms with Crippen molar-refractivity contribution >= 4 is 25.9 Å².